The van der Waals surface area contributed by atoms with Crippen LogP contribution in [0.1, 0.15) is 200 Å². The van der Waals surface area contributed by atoms with Crippen LogP contribution in [0.4, 0.5) is 0 Å². The maximum atomic E-state index is 14.9. The summed E-state index contributed by atoms with van der Waals surface area (Å²) in [5, 5.41) is 0. The lowest BCUT2D eigenvalue weighted by Gasteiger charge is -2.30. The van der Waals surface area contributed by atoms with Gasteiger partial charge in [-0.05, 0) is 52.6 Å². The molecule has 0 aromatic heterocycles. The Balaban J connectivity index is 1.84. The highest BCUT2D eigenvalue weighted by atomic mass is 16.5. The van der Waals surface area contributed by atoms with Crippen LogP contribution < -0.4 is 4.74 Å². The number of Topliss-reactive ketones (excluding diaryl/α,β-unsaturated/α-hetero) is 4. The Hall–Kier alpha value is -3.86. The third-order valence-corrected chi connectivity index (χ3v) is 11.1. The molecule has 0 unspecified atom stereocenters. The predicted molar refractivity (Wildman–Crippen MR) is 228 cm³/mol. The molecular weight excluding hydrogens is 681 g/mol. The maximum absolute atomic E-state index is 14.9. The lowest BCUT2D eigenvalue weighted by Crippen LogP contribution is -2.48. The fraction of sp³-hybridized carbons (Fsp3) is 0.560. The molecule has 300 valence electrons. The van der Waals surface area contributed by atoms with Crippen LogP contribution >= 0.6 is 0 Å². The van der Waals surface area contributed by atoms with Crippen molar-refractivity contribution in [2.24, 2.45) is 5.41 Å². The summed E-state index contributed by atoms with van der Waals surface area (Å²) in [6.45, 7) is 14.8. The Morgan fingerprint density at radius 1 is 0.473 bits per heavy atom. The maximum Gasteiger partial charge on any atom is 0.184 e. The number of hydrogen-bond acceptors (Lipinski definition) is 5. The zero-order valence-corrected chi connectivity index (χ0v) is 35.5. The molecule has 0 radical (unpaired) electrons. The highest BCUT2D eigenvalue weighted by Gasteiger charge is 2.53. The van der Waals surface area contributed by atoms with Gasteiger partial charge in [0.2, 0.25) is 0 Å². The fourth-order valence-electron chi connectivity index (χ4n) is 7.34. The zero-order valence-electron chi connectivity index (χ0n) is 35.5. The molecule has 55 heavy (non-hydrogen) atoms. The number of carbonyl (C=O) groups excluding carboxylic acids is 4. The first-order chi connectivity index (χ1) is 26.1. The van der Waals surface area contributed by atoms with Gasteiger partial charge in [-0.2, -0.15) is 0 Å². The van der Waals surface area contributed by atoms with Crippen molar-refractivity contribution in [3.05, 3.63) is 101 Å². The quantitative estimate of drug-likeness (QED) is 0.0489. The number of unbranched alkanes of at least 4 members (excludes halogenated alkanes) is 14. The second-order valence-electron chi connectivity index (χ2n) is 17.7. The molecule has 0 amide bonds. The molecule has 0 aliphatic heterocycles. The molecule has 5 nitrogen and oxygen atoms in total. The van der Waals surface area contributed by atoms with E-state index in [0.717, 1.165) is 30.4 Å². The smallest absolute Gasteiger partial charge is 0.184 e. The van der Waals surface area contributed by atoms with Crippen LogP contribution in [-0.2, 0) is 15.6 Å². The number of ether oxygens (including phenoxy) is 1. The Morgan fingerprint density at radius 3 is 1.16 bits per heavy atom. The molecular formula is C50H70O5. The Bertz CT molecular complexity index is 1560. The van der Waals surface area contributed by atoms with Crippen molar-refractivity contribution in [3.63, 3.8) is 0 Å². The van der Waals surface area contributed by atoms with E-state index in [1.165, 1.54) is 70.6 Å². The van der Waals surface area contributed by atoms with Gasteiger partial charge in [0.1, 0.15) is 5.75 Å². The van der Waals surface area contributed by atoms with E-state index < -0.39 is 35.0 Å². The predicted octanol–water partition coefficient (Wildman–Crippen LogP) is 13.4. The summed E-state index contributed by atoms with van der Waals surface area (Å²) in [6, 6.07) is 20.9. The second kappa shape index (κ2) is 22.0. The van der Waals surface area contributed by atoms with Crippen LogP contribution in [0.2, 0.25) is 0 Å². The normalized spacial score (nSPS) is 12.1. The molecule has 3 aromatic carbocycles. The standard InChI is InChI=1S/C50H70O5/c1-9-10-11-12-13-14-15-16-17-18-19-20-21-22-23-24-45(52)50(37-44(51)38-29-35-43(55-8)36-30-38,46(53)39-25-31-41(32-26-39)48(2,3)4)47(54)40-27-33-42(34-28-40)49(5,6)7/h25-36H,9-24,37H2,1-8H3. The van der Waals surface area contributed by atoms with Crippen molar-refractivity contribution in [2.45, 2.75) is 168 Å². The van der Waals surface area contributed by atoms with Crippen LogP contribution in [0.15, 0.2) is 72.8 Å². The van der Waals surface area contributed by atoms with Gasteiger partial charge >= 0.3 is 0 Å². The molecule has 0 spiro atoms. The van der Waals surface area contributed by atoms with Gasteiger partial charge < -0.3 is 4.74 Å². The number of ketones is 4. The van der Waals surface area contributed by atoms with E-state index in [9.17, 15) is 19.2 Å². The van der Waals surface area contributed by atoms with Crippen LogP contribution in [0.25, 0.3) is 0 Å². The summed E-state index contributed by atoms with van der Waals surface area (Å²) in [4.78, 5) is 58.7. The van der Waals surface area contributed by atoms with Gasteiger partial charge in [0, 0.05) is 29.5 Å². The lowest BCUT2D eigenvalue weighted by molar-refractivity contribution is -0.124. The molecule has 3 aromatic rings. The second-order valence-corrected chi connectivity index (χ2v) is 17.7. The van der Waals surface area contributed by atoms with Crippen molar-refractivity contribution in [1.82, 2.24) is 0 Å². The summed E-state index contributed by atoms with van der Waals surface area (Å²) < 4.78 is 5.29. The molecule has 5 heteroatoms. The summed E-state index contributed by atoms with van der Waals surface area (Å²) >= 11 is 0. The molecule has 0 atom stereocenters. The molecule has 0 N–H and O–H groups in total. The third-order valence-electron chi connectivity index (χ3n) is 11.1. The van der Waals surface area contributed by atoms with Crippen molar-refractivity contribution >= 4 is 23.1 Å². The van der Waals surface area contributed by atoms with E-state index in [-0.39, 0.29) is 28.4 Å². The minimum absolute atomic E-state index is 0.0474. The summed E-state index contributed by atoms with van der Waals surface area (Å²) in [5.41, 5.74) is 0.346. The molecule has 0 saturated carbocycles. The molecule has 0 aliphatic carbocycles. The minimum atomic E-state index is -2.21. The van der Waals surface area contributed by atoms with E-state index in [0.29, 0.717) is 17.7 Å². The van der Waals surface area contributed by atoms with Gasteiger partial charge in [0.05, 0.1) is 7.11 Å². The topological polar surface area (TPSA) is 77.5 Å². The number of methoxy groups -OCH3 is 1. The first kappa shape index (κ1) is 45.5. The largest absolute Gasteiger partial charge is 0.497 e. The average molecular weight is 751 g/mol. The Labute approximate surface area is 333 Å². The van der Waals surface area contributed by atoms with E-state index in [2.05, 4.69) is 48.5 Å². The van der Waals surface area contributed by atoms with E-state index in [1.807, 2.05) is 24.3 Å². The first-order valence-corrected chi connectivity index (χ1v) is 21.2. The number of carbonyl (C=O) groups is 4. The monoisotopic (exact) mass is 751 g/mol. The molecule has 0 saturated heterocycles. The van der Waals surface area contributed by atoms with Gasteiger partial charge in [-0.25, -0.2) is 0 Å². The first-order valence-electron chi connectivity index (χ1n) is 21.2. The Morgan fingerprint density at radius 2 is 0.818 bits per heavy atom. The average Bonchev–Trinajstić information content (AvgIpc) is 3.17. The van der Waals surface area contributed by atoms with Crippen molar-refractivity contribution in [3.8, 4) is 5.75 Å². The highest BCUT2D eigenvalue weighted by Crippen LogP contribution is 2.38. The number of benzene rings is 3. The van der Waals surface area contributed by atoms with E-state index >= 15 is 0 Å². The van der Waals surface area contributed by atoms with Crippen LogP contribution in [0.3, 0.4) is 0 Å². The number of rotatable bonds is 25. The third kappa shape index (κ3) is 13.7. The lowest BCUT2D eigenvalue weighted by atomic mass is 9.66. The van der Waals surface area contributed by atoms with Crippen molar-refractivity contribution in [2.75, 3.05) is 7.11 Å². The number of hydrogen-bond donors (Lipinski definition) is 0. The van der Waals surface area contributed by atoms with Gasteiger partial charge in [-0.3, -0.25) is 19.2 Å². The minimum Gasteiger partial charge on any atom is -0.497 e. The Kier molecular flexibility index (Phi) is 18.2. The summed E-state index contributed by atoms with van der Waals surface area (Å²) in [5.74, 6) is -1.58. The molecule has 0 heterocycles. The van der Waals surface area contributed by atoms with Crippen molar-refractivity contribution in [1.29, 1.82) is 0 Å². The van der Waals surface area contributed by atoms with Crippen LogP contribution in [0, 0.1) is 5.41 Å². The molecule has 0 fully saturated rings. The fourth-order valence-corrected chi connectivity index (χ4v) is 7.34. The van der Waals surface area contributed by atoms with Gasteiger partial charge in [-0.1, -0.05) is 187 Å². The summed E-state index contributed by atoms with van der Waals surface area (Å²) in [7, 11) is 1.55. The zero-order chi connectivity index (χ0) is 40.5. The van der Waals surface area contributed by atoms with Crippen LogP contribution in [0.5, 0.6) is 5.75 Å². The van der Waals surface area contributed by atoms with Gasteiger partial charge in [-0.15, -0.1) is 0 Å². The van der Waals surface area contributed by atoms with Crippen molar-refractivity contribution < 1.29 is 23.9 Å². The van der Waals surface area contributed by atoms with Gasteiger partial charge in [0.15, 0.2) is 28.5 Å². The van der Waals surface area contributed by atoms with Gasteiger partial charge in [0.25, 0.3) is 0 Å². The SMILES string of the molecule is CCCCCCCCCCCCCCCCCC(=O)C(CC(=O)c1ccc(OC)cc1)(C(=O)c1ccc(C(C)(C)C)cc1)C(=O)c1ccc(C(C)(C)C)cc1. The molecule has 0 bridgehead atoms. The highest BCUT2D eigenvalue weighted by molar-refractivity contribution is 6.34. The van der Waals surface area contributed by atoms with Crippen LogP contribution in [-0.4, -0.2) is 30.2 Å². The molecule has 3 rings (SSSR count). The summed E-state index contributed by atoms with van der Waals surface area (Å²) in [6.07, 6.45) is 17.4. The van der Waals surface area contributed by atoms with E-state index in [4.69, 9.17) is 4.74 Å². The molecule has 0 aliphatic rings. The van der Waals surface area contributed by atoms with E-state index in [1.54, 1.807) is 55.6 Å².